The average Bonchev–Trinajstić information content (AvgIpc) is 2.60. The third-order valence-corrected chi connectivity index (χ3v) is 5.62. The van der Waals surface area contributed by atoms with E-state index in [1.54, 1.807) is 0 Å². The standard InChI is InChI=1S/C19H31N3OS.HI/c1-4-20-19(22-16-6-5-7-17(12-16)24-3)21-13-18(23)15-10-8-14(2)9-11-15;/h8-11,16-18,23H,4-7,12-13H2,1-3H3,(H2,20,21,22);1H. The lowest BCUT2D eigenvalue weighted by molar-refractivity contribution is 0.187. The molecule has 0 saturated heterocycles. The third kappa shape index (κ3) is 7.74. The third-order valence-electron chi connectivity index (χ3n) is 4.53. The number of aliphatic hydroxyl groups is 1. The molecule has 0 heterocycles. The van der Waals surface area contributed by atoms with Crippen LogP contribution in [0.25, 0.3) is 0 Å². The Labute approximate surface area is 173 Å². The van der Waals surface area contributed by atoms with Crippen LogP contribution in [-0.4, -0.2) is 41.7 Å². The fraction of sp³-hybridized carbons (Fsp3) is 0.632. The van der Waals surface area contributed by atoms with Gasteiger partial charge in [-0.15, -0.1) is 24.0 Å². The van der Waals surface area contributed by atoms with Crippen molar-refractivity contribution in [3.63, 3.8) is 0 Å². The summed E-state index contributed by atoms with van der Waals surface area (Å²) in [5, 5.41) is 17.9. The van der Waals surface area contributed by atoms with Crippen LogP contribution >= 0.6 is 35.7 Å². The molecule has 0 aromatic heterocycles. The zero-order valence-electron chi connectivity index (χ0n) is 15.5. The van der Waals surface area contributed by atoms with E-state index in [0.717, 1.165) is 23.3 Å². The zero-order chi connectivity index (χ0) is 17.4. The van der Waals surface area contributed by atoms with Crippen molar-refractivity contribution in [2.75, 3.05) is 19.3 Å². The largest absolute Gasteiger partial charge is 0.386 e. The molecule has 0 amide bonds. The minimum Gasteiger partial charge on any atom is -0.386 e. The van der Waals surface area contributed by atoms with Gasteiger partial charge >= 0.3 is 0 Å². The Bertz CT molecular complexity index is 524. The number of aliphatic imine (C=N–C) groups is 1. The van der Waals surface area contributed by atoms with Crippen LogP contribution in [0.4, 0.5) is 0 Å². The maximum atomic E-state index is 10.3. The number of guanidine groups is 1. The van der Waals surface area contributed by atoms with Crippen LogP contribution in [0.2, 0.25) is 0 Å². The Morgan fingerprint density at radius 1 is 1.32 bits per heavy atom. The minimum absolute atomic E-state index is 0. The molecule has 25 heavy (non-hydrogen) atoms. The number of nitrogens with zero attached hydrogens (tertiary/aromatic N) is 1. The predicted octanol–water partition coefficient (Wildman–Crippen LogP) is 3.88. The molecule has 3 atom stereocenters. The average molecular weight is 477 g/mol. The minimum atomic E-state index is -0.564. The second kappa shape index (κ2) is 12.0. The molecule has 1 aliphatic carbocycles. The lowest BCUT2D eigenvalue weighted by atomic mass is 9.95. The number of hydrogen-bond donors (Lipinski definition) is 3. The first-order valence-corrected chi connectivity index (χ1v) is 10.2. The maximum Gasteiger partial charge on any atom is 0.191 e. The van der Waals surface area contributed by atoms with Gasteiger partial charge in [0.25, 0.3) is 0 Å². The van der Waals surface area contributed by atoms with Crippen molar-refractivity contribution in [3.05, 3.63) is 35.4 Å². The SMILES string of the molecule is CCNC(=NCC(O)c1ccc(C)cc1)NC1CCCC(SC)C1.I. The fourth-order valence-corrected chi connectivity index (χ4v) is 3.90. The number of aliphatic hydroxyl groups excluding tert-OH is 1. The summed E-state index contributed by atoms with van der Waals surface area (Å²) in [5.74, 6) is 0.815. The first-order valence-electron chi connectivity index (χ1n) is 8.94. The molecule has 3 unspecified atom stereocenters. The molecule has 1 fully saturated rings. The molecule has 0 radical (unpaired) electrons. The van der Waals surface area contributed by atoms with Gasteiger partial charge in [0.15, 0.2) is 5.96 Å². The number of benzene rings is 1. The van der Waals surface area contributed by atoms with Gasteiger partial charge in [0.05, 0.1) is 12.6 Å². The number of rotatable bonds is 6. The molecule has 1 aromatic carbocycles. The monoisotopic (exact) mass is 477 g/mol. The van der Waals surface area contributed by atoms with E-state index in [4.69, 9.17) is 0 Å². The summed E-state index contributed by atoms with van der Waals surface area (Å²) >= 11 is 1.97. The molecule has 2 rings (SSSR count). The number of halogens is 1. The molecule has 1 aliphatic rings. The summed E-state index contributed by atoms with van der Waals surface area (Å²) in [6, 6.07) is 8.47. The summed E-state index contributed by atoms with van der Waals surface area (Å²) in [5.41, 5.74) is 2.12. The lowest BCUT2D eigenvalue weighted by Crippen LogP contribution is -2.45. The summed E-state index contributed by atoms with van der Waals surface area (Å²) in [4.78, 5) is 4.59. The van der Waals surface area contributed by atoms with Crippen LogP contribution in [0.5, 0.6) is 0 Å². The van der Waals surface area contributed by atoms with Gasteiger partial charge in [0, 0.05) is 17.8 Å². The van der Waals surface area contributed by atoms with Gasteiger partial charge in [0.2, 0.25) is 0 Å². The van der Waals surface area contributed by atoms with Gasteiger partial charge in [-0.3, -0.25) is 4.99 Å². The Morgan fingerprint density at radius 2 is 2.04 bits per heavy atom. The maximum absolute atomic E-state index is 10.3. The van der Waals surface area contributed by atoms with Crippen LogP contribution < -0.4 is 10.6 Å². The van der Waals surface area contributed by atoms with E-state index in [0.29, 0.717) is 12.6 Å². The van der Waals surface area contributed by atoms with Crippen molar-refractivity contribution in [1.29, 1.82) is 0 Å². The number of aryl methyl sites for hydroxylation is 1. The second-order valence-corrected chi connectivity index (χ2v) is 7.65. The van der Waals surface area contributed by atoms with Gasteiger partial charge in [-0.2, -0.15) is 11.8 Å². The normalized spacial score (nSPS) is 22.0. The molecule has 0 aliphatic heterocycles. The smallest absolute Gasteiger partial charge is 0.191 e. The van der Waals surface area contributed by atoms with Crippen molar-refractivity contribution in [3.8, 4) is 0 Å². The molecule has 4 nitrogen and oxygen atoms in total. The first-order chi connectivity index (χ1) is 11.6. The highest BCUT2D eigenvalue weighted by Crippen LogP contribution is 2.26. The van der Waals surface area contributed by atoms with E-state index < -0.39 is 6.10 Å². The van der Waals surface area contributed by atoms with Crippen molar-refractivity contribution in [1.82, 2.24) is 10.6 Å². The van der Waals surface area contributed by atoms with E-state index in [1.807, 2.05) is 43.0 Å². The van der Waals surface area contributed by atoms with Crippen molar-refractivity contribution in [2.45, 2.75) is 56.9 Å². The Balaban J connectivity index is 0.00000312. The molecule has 142 valence electrons. The van der Waals surface area contributed by atoms with Crippen molar-refractivity contribution in [2.24, 2.45) is 4.99 Å². The molecule has 1 saturated carbocycles. The topological polar surface area (TPSA) is 56.7 Å². The molecular formula is C19H32IN3OS. The summed E-state index contributed by atoms with van der Waals surface area (Å²) < 4.78 is 0. The van der Waals surface area contributed by atoms with Gasteiger partial charge in [-0.25, -0.2) is 0 Å². The van der Waals surface area contributed by atoms with Crippen LogP contribution in [0.15, 0.2) is 29.3 Å². The predicted molar refractivity (Wildman–Crippen MR) is 120 cm³/mol. The van der Waals surface area contributed by atoms with Gasteiger partial charge < -0.3 is 15.7 Å². The summed E-state index contributed by atoms with van der Waals surface area (Å²) in [6.45, 7) is 5.31. The first kappa shape index (κ1) is 22.6. The molecule has 0 bridgehead atoms. The van der Waals surface area contributed by atoms with E-state index in [2.05, 4.69) is 28.8 Å². The highest BCUT2D eigenvalue weighted by Gasteiger charge is 2.22. The number of hydrogen-bond acceptors (Lipinski definition) is 3. The molecule has 0 spiro atoms. The van der Waals surface area contributed by atoms with Gasteiger partial charge in [-0.05, 0) is 44.9 Å². The zero-order valence-corrected chi connectivity index (χ0v) is 18.6. The number of nitrogens with one attached hydrogen (secondary N) is 2. The molecule has 1 aromatic rings. The van der Waals surface area contributed by atoms with Crippen molar-refractivity contribution >= 4 is 41.7 Å². The van der Waals surface area contributed by atoms with Crippen LogP contribution in [0.3, 0.4) is 0 Å². The van der Waals surface area contributed by atoms with Crippen molar-refractivity contribution < 1.29 is 5.11 Å². The second-order valence-electron chi connectivity index (χ2n) is 6.51. The van der Waals surface area contributed by atoms with E-state index in [-0.39, 0.29) is 24.0 Å². The highest BCUT2D eigenvalue weighted by atomic mass is 127. The molecular weight excluding hydrogens is 445 g/mol. The van der Waals surface area contributed by atoms with Crippen LogP contribution in [-0.2, 0) is 0 Å². The Hall–Kier alpha value is -0.470. The Kier molecular flexibility index (Phi) is 10.8. The Morgan fingerprint density at radius 3 is 2.68 bits per heavy atom. The number of thioether (sulfide) groups is 1. The molecule has 6 heteroatoms. The summed E-state index contributed by atoms with van der Waals surface area (Å²) in [7, 11) is 0. The quantitative estimate of drug-likeness (QED) is 0.331. The van der Waals surface area contributed by atoms with E-state index in [9.17, 15) is 5.11 Å². The van der Waals surface area contributed by atoms with E-state index >= 15 is 0 Å². The van der Waals surface area contributed by atoms with Crippen LogP contribution in [0.1, 0.15) is 49.8 Å². The van der Waals surface area contributed by atoms with Gasteiger partial charge in [0.1, 0.15) is 0 Å². The van der Waals surface area contributed by atoms with Gasteiger partial charge in [-0.1, -0.05) is 36.2 Å². The molecule has 3 N–H and O–H groups in total. The lowest BCUT2D eigenvalue weighted by Gasteiger charge is -2.30. The highest BCUT2D eigenvalue weighted by molar-refractivity contribution is 14.0. The van der Waals surface area contributed by atoms with E-state index in [1.165, 1.54) is 31.2 Å². The summed E-state index contributed by atoms with van der Waals surface area (Å²) in [6.07, 6.45) is 6.61. The van der Waals surface area contributed by atoms with Crippen LogP contribution in [0, 0.1) is 6.92 Å². The fourth-order valence-electron chi connectivity index (χ4n) is 3.08.